The number of alkyl halides is 3. The van der Waals surface area contributed by atoms with Crippen LogP contribution in [0.2, 0.25) is 0 Å². The van der Waals surface area contributed by atoms with Gasteiger partial charge in [-0.15, -0.1) is 0 Å². The minimum Gasteiger partial charge on any atom is -0.379 e. The smallest absolute Gasteiger partial charge is 0.379 e. The molecule has 4 rings (SSSR count). The van der Waals surface area contributed by atoms with Crippen LogP contribution in [0.15, 0.2) is 23.9 Å². The fourth-order valence-corrected chi connectivity index (χ4v) is 3.84. The van der Waals surface area contributed by atoms with Gasteiger partial charge in [0.1, 0.15) is 12.5 Å². The molecule has 152 valence electrons. The maximum absolute atomic E-state index is 13.1. The number of benzene rings is 1. The van der Waals surface area contributed by atoms with Crippen LogP contribution < -0.4 is 21.1 Å². The van der Waals surface area contributed by atoms with Gasteiger partial charge >= 0.3 is 6.18 Å². The Morgan fingerprint density at radius 1 is 1.14 bits per heavy atom. The van der Waals surface area contributed by atoms with Crippen molar-refractivity contribution in [1.29, 1.82) is 0 Å². The van der Waals surface area contributed by atoms with Crippen LogP contribution in [0.3, 0.4) is 0 Å². The molecule has 0 aliphatic carbocycles. The number of nitrogens with one attached hydrogen (secondary N) is 3. The SMILES string of the molecule is Cc1cc(C(F)(F)F)cc(C)c1N1C=C2C(=O)NC(N3CCOCC3)NC2N1. The molecule has 1 aromatic rings. The Morgan fingerprint density at radius 3 is 2.39 bits per heavy atom. The summed E-state index contributed by atoms with van der Waals surface area (Å²) in [5.41, 5.74) is 4.53. The Kier molecular flexibility index (Phi) is 4.82. The summed E-state index contributed by atoms with van der Waals surface area (Å²) in [7, 11) is 0. The molecule has 2 unspecified atom stereocenters. The molecule has 3 N–H and O–H groups in total. The van der Waals surface area contributed by atoms with E-state index in [1.165, 1.54) is 0 Å². The van der Waals surface area contributed by atoms with E-state index in [0.717, 1.165) is 12.1 Å². The number of morpholine rings is 1. The first kappa shape index (κ1) is 19.2. The highest BCUT2D eigenvalue weighted by molar-refractivity contribution is 5.97. The van der Waals surface area contributed by atoms with Crippen LogP contribution in [0.5, 0.6) is 0 Å². The lowest BCUT2D eigenvalue weighted by atomic mass is 10.0. The summed E-state index contributed by atoms with van der Waals surface area (Å²) >= 11 is 0. The molecule has 2 fully saturated rings. The maximum atomic E-state index is 13.1. The highest BCUT2D eigenvalue weighted by Gasteiger charge is 2.39. The highest BCUT2D eigenvalue weighted by atomic mass is 19.4. The Bertz CT molecular complexity index is 797. The van der Waals surface area contributed by atoms with E-state index in [2.05, 4.69) is 21.0 Å². The molecule has 1 amide bonds. The van der Waals surface area contributed by atoms with Crippen molar-refractivity contribution < 1.29 is 22.7 Å². The van der Waals surface area contributed by atoms with Gasteiger partial charge in [0.25, 0.3) is 5.91 Å². The number of rotatable bonds is 2. The number of hydrogen-bond donors (Lipinski definition) is 3. The number of carbonyl (C=O) groups excluding carboxylic acids is 1. The average Bonchev–Trinajstić information content (AvgIpc) is 3.05. The van der Waals surface area contributed by atoms with Crippen LogP contribution in [-0.2, 0) is 15.7 Å². The van der Waals surface area contributed by atoms with Crippen LogP contribution >= 0.6 is 0 Å². The lowest BCUT2D eigenvalue weighted by molar-refractivity contribution is -0.137. The first-order valence-corrected chi connectivity index (χ1v) is 9.08. The second-order valence-corrected chi connectivity index (χ2v) is 7.16. The normalized spacial score (nSPS) is 26.1. The Labute approximate surface area is 160 Å². The van der Waals surface area contributed by atoms with Crippen molar-refractivity contribution in [3.8, 4) is 0 Å². The first-order valence-electron chi connectivity index (χ1n) is 9.08. The summed E-state index contributed by atoms with van der Waals surface area (Å²) < 4.78 is 44.5. The van der Waals surface area contributed by atoms with Crippen LogP contribution in [0.25, 0.3) is 0 Å². The number of ether oxygens (including phenoxy) is 1. The van der Waals surface area contributed by atoms with Crippen molar-refractivity contribution >= 4 is 11.6 Å². The van der Waals surface area contributed by atoms with E-state index in [0.29, 0.717) is 48.7 Å². The number of carbonyl (C=O) groups is 1. The Balaban J connectivity index is 1.56. The van der Waals surface area contributed by atoms with Crippen molar-refractivity contribution in [3.63, 3.8) is 0 Å². The van der Waals surface area contributed by atoms with Gasteiger partial charge in [-0.25, -0.2) is 5.43 Å². The number of amides is 1. The van der Waals surface area contributed by atoms with E-state index < -0.39 is 17.9 Å². The predicted octanol–water partition coefficient (Wildman–Crippen LogP) is 1.19. The van der Waals surface area contributed by atoms with E-state index >= 15 is 0 Å². The lowest BCUT2D eigenvalue weighted by Crippen LogP contribution is -2.68. The molecule has 0 bridgehead atoms. The first-order chi connectivity index (χ1) is 13.2. The fourth-order valence-electron chi connectivity index (χ4n) is 3.84. The third-order valence-electron chi connectivity index (χ3n) is 5.17. The molecule has 3 heterocycles. The van der Waals surface area contributed by atoms with Crippen molar-refractivity contribution in [2.45, 2.75) is 32.5 Å². The van der Waals surface area contributed by atoms with Crippen LogP contribution in [0.1, 0.15) is 16.7 Å². The molecule has 0 spiro atoms. The van der Waals surface area contributed by atoms with Gasteiger partial charge < -0.3 is 10.1 Å². The number of aryl methyl sites for hydroxylation is 2. The highest BCUT2D eigenvalue weighted by Crippen LogP contribution is 2.36. The molecule has 2 atom stereocenters. The van der Waals surface area contributed by atoms with Gasteiger partial charge in [0.2, 0.25) is 0 Å². The minimum atomic E-state index is -4.40. The standard InChI is InChI=1S/C18H22F3N5O2/c1-10-7-12(18(19,20)21)8-11(2)14(10)26-9-13-15(24-26)22-17(23-16(13)27)25-3-5-28-6-4-25/h7-9,15,17,22,24H,3-6H2,1-2H3,(H,23,27). The monoisotopic (exact) mass is 397 g/mol. The molecular weight excluding hydrogens is 375 g/mol. The molecule has 1 aromatic carbocycles. The molecule has 28 heavy (non-hydrogen) atoms. The predicted molar refractivity (Wildman–Crippen MR) is 95.9 cm³/mol. The molecule has 7 nitrogen and oxygen atoms in total. The summed E-state index contributed by atoms with van der Waals surface area (Å²) in [6.07, 6.45) is -3.53. The van der Waals surface area contributed by atoms with E-state index in [1.54, 1.807) is 25.1 Å². The molecule has 0 aromatic heterocycles. The zero-order chi connectivity index (χ0) is 20.1. The third kappa shape index (κ3) is 3.48. The van der Waals surface area contributed by atoms with Crippen molar-refractivity contribution in [2.75, 3.05) is 31.3 Å². The number of anilines is 1. The zero-order valence-electron chi connectivity index (χ0n) is 15.6. The van der Waals surface area contributed by atoms with Gasteiger partial charge in [0.05, 0.1) is 30.0 Å². The van der Waals surface area contributed by atoms with Gasteiger partial charge in [-0.3, -0.25) is 20.0 Å². The van der Waals surface area contributed by atoms with E-state index in [-0.39, 0.29) is 12.2 Å². The largest absolute Gasteiger partial charge is 0.416 e. The third-order valence-corrected chi connectivity index (χ3v) is 5.17. The second kappa shape index (κ2) is 7.03. The molecule has 0 saturated carbocycles. The van der Waals surface area contributed by atoms with Gasteiger partial charge in [0, 0.05) is 19.3 Å². The topological polar surface area (TPSA) is 68.9 Å². The summed E-state index contributed by atoms with van der Waals surface area (Å²) in [6.45, 7) is 5.86. The van der Waals surface area contributed by atoms with Crippen molar-refractivity contribution in [1.82, 2.24) is 21.0 Å². The number of halogens is 3. The Hall–Kier alpha value is -2.14. The maximum Gasteiger partial charge on any atom is 0.416 e. The van der Waals surface area contributed by atoms with Gasteiger partial charge in [-0.1, -0.05) is 0 Å². The minimum absolute atomic E-state index is 0.211. The van der Waals surface area contributed by atoms with Crippen LogP contribution in [-0.4, -0.2) is 49.6 Å². The molecule has 3 aliphatic rings. The van der Waals surface area contributed by atoms with Gasteiger partial charge in [-0.2, -0.15) is 13.2 Å². The van der Waals surface area contributed by atoms with Crippen LogP contribution in [0.4, 0.5) is 18.9 Å². The summed E-state index contributed by atoms with van der Waals surface area (Å²) in [6, 6.07) is 2.24. The molecule has 3 aliphatic heterocycles. The van der Waals surface area contributed by atoms with Crippen molar-refractivity contribution in [3.05, 3.63) is 40.6 Å². The molecule has 2 saturated heterocycles. The van der Waals surface area contributed by atoms with Gasteiger partial charge in [0.15, 0.2) is 0 Å². The van der Waals surface area contributed by atoms with E-state index in [4.69, 9.17) is 4.74 Å². The second-order valence-electron chi connectivity index (χ2n) is 7.16. The Morgan fingerprint density at radius 2 is 1.79 bits per heavy atom. The zero-order valence-corrected chi connectivity index (χ0v) is 15.6. The number of hydrazine groups is 1. The van der Waals surface area contributed by atoms with E-state index in [9.17, 15) is 18.0 Å². The molecular formula is C18H22F3N5O2. The van der Waals surface area contributed by atoms with Gasteiger partial charge in [-0.05, 0) is 37.1 Å². The van der Waals surface area contributed by atoms with Crippen molar-refractivity contribution in [2.24, 2.45) is 0 Å². The number of nitrogens with zero attached hydrogens (tertiary/aromatic N) is 2. The number of fused-ring (bicyclic) bond motifs is 1. The average molecular weight is 397 g/mol. The lowest BCUT2D eigenvalue weighted by Gasteiger charge is -2.40. The van der Waals surface area contributed by atoms with E-state index in [1.807, 2.05) is 0 Å². The summed E-state index contributed by atoms with van der Waals surface area (Å²) in [5.74, 6) is -0.211. The molecule has 10 heteroatoms. The summed E-state index contributed by atoms with van der Waals surface area (Å²) in [5, 5.41) is 7.88. The molecule has 0 radical (unpaired) electrons. The number of hydrogen-bond acceptors (Lipinski definition) is 6. The van der Waals surface area contributed by atoms with Crippen LogP contribution in [0, 0.1) is 13.8 Å². The fraction of sp³-hybridized carbons (Fsp3) is 0.500. The summed E-state index contributed by atoms with van der Waals surface area (Å²) in [4.78, 5) is 14.6. The quantitative estimate of drug-likeness (QED) is 0.697.